The van der Waals surface area contributed by atoms with Crippen molar-refractivity contribution in [3.8, 4) is 0 Å². The molecule has 0 aliphatic rings. The van der Waals surface area contributed by atoms with Crippen molar-refractivity contribution < 1.29 is 9.59 Å². The van der Waals surface area contributed by atoms with E-state index in [0.717, 1.165) is 0 Å². The van der Waals surface area contributed by atoms with Gasteiger partial charge >= 0.3 is 0 Å². The van der Waals surface area contributed by atoms with Gasteiger partial charge in [-0.05, 0) is 12.1 Å². The summed E-state index contributed by atoms with van der Waals surface area (Å²) in [5, 5.41) is 2.52. The van der Waals surface area contributed by atoms with Crippen LogP contribution < -0.4 is 11.1 Å². The zero-order valence-electron chi connectivity index (χ0n) is 8.99. The second-order valence-electron chi connectivity index (χ2n) is 2.46. The number of amides is 1. The quantitative estimate of drug-likeness (QED) is 0.738. The van der Waals surface area contributed by atoms with Crippen LogP contribution in [0.2, 0.25) is 0 Å². The summed E-state index contributed by atoms with van der Waals surface area (Å²) >= 11 is 0. The normalized spacial score (nSPS) is 8.47. The maximum Gasteiger partial charge on any atom is 0.238 e. The van der Waals surface area contributed by atoms with E-state index in [1.54, 1.807) is 24.3 Å². The number of nitrogens with one attached hydrogen (secondary N) is 1. The molecule has 0 radical (unpaired) electrons. The minimum atomic E-state index is -0.311. The fraction of sp³-hybridized carbons (Fsp3) is 0.273. The van der Waals surface area contributed by atoms with E-state index in [1.807, 2.05) is 13.8 Å². The monoisotopic (exact) mass is 208 g/mol. The molecule has 0 bridgehead atoms. The molecule has 1 aromatic carbocycles. The minimum Gasteiger partial charge on any atom is -0.324 e. The molecular weight excluding hydrogens is 192 g/mol. The van der Waals surface area contributed by atoms with Gasteiger partial charge in [-0.3, -0.25) is 9.59 Å². The maximum atomic E-state index is 10.9. The molecule has 0 aromatic heterocycles. The zero-order valence-corrected chi connectivity index (χ0v) is 8.99. The van der Waals surface area contributed by atoms with Gasteiger partial charge in [0.05, 0.1) is 12.2 Å². The van der Waals surface area contributed by atoms with E-state index in [9.17, 15) is 9.59 Å². The number of carbonyl (C=O) groups is 2. The number of rotatable bonds is 3. The molecule has 4 nitrogen and oxygen atoms in total. The Labute approximate surface area is 89.5 Å². The molecule has 1 amide bonds. The molecular formula is C11H16N2O2. The molecule has 0 atom stereocenters. The summed E-state index contributed by atoms with van der Waals surface area (Å²) in [6, 6.07) is 6.73. The van der Waals surface area contributed by atoms with Crippen LogP contribution in [0.15, 0.2) is 24.3 Å². The van der Waals surface area contributed by atoms with Gasteiger partial charge < -0.3 is 11.1 Å². The van der Waals surface area contributed by atoms with E-state index < -0.39 is 0 Å². The third-order valence-electron chi connectivity index (χ3n) is 1.55. The van der Waals surface area contributed by atoms with E-state index in [0.29, 0.717) is 17.5 Å². The molecule has 0 aliphatic carbocycles. The van der Waals surface area contributed by atoms with Crippen molar-refractivity contribution in [1.82, 2.24) is 0 Å². The summed E-state index contributed by atoms with van der Waals surface area (Å²) in [7, 11) is 0. The summed E-state index contributed by atoms with van der Waals surface area (Å²) < 4.78 is 0. The van der Waals surface area contributed by atoms with Crippen molar-refractivity contribution >= 4 is 17.9 Å². The first kappa shape index (κ1) is 13.3. The molecule has 0 saturated carbocycles. The van der Waals surface area contributed by atoms with Crippen LogP contribution in [0.4, 0.5) is 5.69 Å². The fourth-order valence-corrected chi connectivity index (χ4v) is 0.915. The summed E-state index contributed by atoms with van der Waals surface area (Å²) in [5.74, 6) is -0.311. The molecule has 1 rings (SSSR count). The minimum absolute atomic E-state index is 0.0901. The van der Waals surface area contributed by atoms with Gasteiger partial charge in [-0.2, -0.15) is 0 Å². The Hall–Kier alpha value is -1.68. The van der Waals surface area contributed by atoms with Crippen molar-refractivity contribution in [2.75, 3.05) is 11.9 Å². The maximum absolute atomic E-state index is 10.9. The number of para-hydroxylation sites is 1. The Morgan fingerprint density at radius 1 is 1.40 bits per heavy atom. The Kier molecular flexibility index (Phi) is 6.84. The van der Waals surface area contributed by atoms with Crippen molar-refractivity contribution in [3.63, 3.8) is 0 Å². The molecule has 0 saturated heterocycles. The Morgan fingerprint density at radius 2 is 2.00 bits per heavy atom. The topological polar surface area (TPSA) is 72.2 Å². The van der Waals surface area contributed by atoms with Crippen LogP contribution in [0, 0.1) is 0 Å². The largest absolute Gasteiger partial charge is 0.324 e. The first-order chi connectivity index (χ1) is 7.27. The smallest absolute Gasteiger partial charge is 0.238 e. The van der Waals surface area contributed by atoms with Crippen LogP contribution in [0.25, 0.3) is 0 Å². The van der Waals surface area contributed by atoms with E-state index in [4.69, 9.17) is 5.73 Å². The molecule has 0 aliphatic heterocycles. The van der Waals surface area contributed by atoms with E-state index >= 15 is 0 Å². The van der Waals surface area contributed by atoms with E-state index in [-0.39, 0.29) is 12.5 Å². The molecule has 0 spiro atoms. The standard InChI is InChI=1S/C9H10N2O2.C2H6/c10-5-9(13)11-8-4-2-1-3-7(8)6-12;1-2/h1-4,6H,5,10H2,(H,11,13);1-2H3. The lowest BCUT2D eigenvalue weighted by Crippen LogP contribution is -2.22. The third-order valence-corrected chi connectivity index (χ3v) is 1.55. The fourth-order valence-electron chi connectivity index (χ4n) is 0.915. The third kappa shape index (κ3) is 4.37. The van der Waals surface area contributed by atoms with Gasteiger partial charge in [0.1, 0.15) is 0 Å². The Morgan fingerprint density at radius 3 is 2.53 bits per heavy atom. The summed E-state index contributed by atoms with van der Waals surface area (Å²) in [6.07, 6.45) is 0.687. The van der Waals surface area contributed by atoms with E-state index in [1.165, 1.54) is 0 Å². The van der Waals surface area contributed by atoms with Crippen molar-refractivity contribution in [3.05, 3.63) is 29.8 Å². The highest BCUT2D eigenvalue weighted by Gasteiger charge is 2.02. The lowest BCUT2D eigenvalue weighted by Gasteiger charge is -2.04. The SMILES string of the molecule is CC.NCC(=O)Nc1ccccc1C=O. The van der Waals surface area contributed by atoms with Crippen LogP contribution in [-0.2, 0) is 4.79 Å². The first-order valence-corrected chi connectivity index (χ1v) is 4.82. The molecule has 0 fully saturated rings. The van der Waals surface area contributed by atoms with Crippen molar-refractivity contribution in [2.24, 2.45) is 5.73 Å². The van der Waals surface area contributed by atoms with Gasteiger partial charge in [-0.15, -0.1) is 0 Å². The van der Waals surface area contributed by atoms with Crippen molar-refractivity contribution in [2.45, 2.75) is 13.8 Å². The first-order valence-electron chi connectivity index (χ1n) is 4.82. The summed E-state index contributed by atoms with van der Waals surface area (Å²) in [5.41, 5.74) is 6.05. The molecule has 82 valence electrons. The molecule has 0 heterocycles. The van der Waals surface area contributed by atoms with Crippen LogP contribution in [0.5, 0.6) is 0 Å². The second-order valence-corrected chi connectivity index (χ2v) is 2.46. The predicted octanol–water partition coefficient (Wildman–Crippen LogP) is 1.42. The Bertz CT molecular complexity index is 324. The molecule has 1 aromatic rings. The molecule has 4 heteroatoms. The number of nitrogens with two attached hydrogens (primary N) is 1. The number of anilines is 1. The summed E-state index contributed by atoms with van der Waals surface area (Å²) in [6.45, 7) is 3.91. The summed E-state index contributed by atoms with van der Waals surface area (Å²) in [4.78, 5) is 21.4. The van der Waals surface area contributed by atoms with Gasteiger partial charge in [-0.25, -0.2) is 0 Å². The number of hydrogen-bond donors (Lipinski definition) is 2. The number of benzene rings is 1. The number of hydrogen-bond acceptors (Lipinski definition) is 3. The highest BCUT2D eigenvalue weighted by molar-refractivity contribution is 5.97. The lowest BCUT2D eigenvalue weighted by molar-refractivity contribution is -0.114. The van der Waals surface area contributed by atoms with Gasteiger partial charge in [0.25, 0.3) is 0 Å². The van der Waals surface area contributed by atoms with Crippen LogP contribution in [0.1, 0.15) is 24.2 Å². The molecule has 0 unspecified atom stereocenters. The predicted molar refractivity (Wildman–Crippen MR) is 60.9 cm³/mol. The van der Waals surface area contributed by atoms with Gasteiger partial charge in [0, 0.05) is 5.56 Å². The Balaban J connectivity index is 0.000000921. The average molecular weight is 208 g/mol. The van der Waals surface area contributed by atoms with Gasteiger partial charge in [0.2, 0.25) is 5.91 Å². The van der Waals surface area contributed by atoms with Crippen LogP contribution >= 0.6 is 0 Å². The zero-order chi connectivity index (χ0) is 11.7. The molecule has 3 N–H and O–H groups in total. The van der Waals surface area contributed by atoms with E-state index in [2.05, 4.69) is 5.32 Å². The highest BCUT2D eigenvalue weighted by atomic mass is 16.1. The average Bonchev–Trinajstić information content (AvgIpc) is 2.32. The molecule has 15 heavy (non-hydrogen) atoms. The number of aldehydes is 1. The number of carbonyl (C=O) groups excluding carboxylic acids is 2. The second kappa shape index (κ2) is 7.70. The highest BCUT2D eigenvalue weighted by Crippen LogP contribution is 2.11. The van der Waals surface area contributed by atoms with Crippen molar-refractivity contribution in [1.29, 1.82) is 0 Å². The van der Waals surface area contributed by atoms with Crippen LogP contribution in [-0.4, -0.2) is 18.7 Å². The van der Waals surface area contributed by atoms with Gasteiger partial charge in [-0.1, -0.05) is 26.0 Å². The lowest BCUT2D eigenvalue weighted by atomic mass is 10.2. The van der Waals surface area contributed by atoms with Crippen LogP contribution in [0.3, 0.4) is 0 Å². The van der Waals surface area contributed by atoms with Gasteiger partial charge in [0.15, 0.2) is 6.29 Å².